The van der Waals surface area contributed by atoms with Crippen LogP contribution in [0.25, 0.3) is 0 Å². The maximum Gasteiger partial charge on any atom is 0.262 e. The number of rotatable bonds is 1. The minimum Gasteiger partial charge on any atom is -0.295 e. The molecule has 19 heavy (non-hydrogen) atoms. The zero-order valence-corrected chi connectivity index (χ0v) is 9.88. The molecule has 0 radical (unpaired) electrons. The Morgan fingerprint density at radius 2 is 1.58 bits per heavy atom. The molecule has 6 heteroatoms. The first-order valence-corrected chi connectivity index (χ1v) is 5.90. The van der Waals surface area contributed by atoms with Crippen LogP contribution in [0.5, 0.6) is 0 Å². The van der Waals surface area contributed by atoms with E-state index in [-0.39, 0.29) is 18.7 Å². The number of carbonyl (C=O) groups excluding carboxylic acids is 4. The van der Waals surface area contributed by atoms with E-state index >= 15 is 0 Å². The summed E-state index contributed by atoms with van der Waals surface area (Å²) in [5.41, 5.74) is 0.606. The summed E-state index contributed by atoms with van der Waals surface area (Å²) in [5, 5.41) is 2.15. The lowest BCUT2D eigenvalue weighted by Crippen LogP contribution is -2.54. The van der Waals surface area contributed by atoms with Gasteiger partial charge in [-0.25, -0.2) is 0 Å². The first-order chi connectivity index (χ1) is 9.09. The van der Waals surface area contributed by atoms with Crippen molar-refractivity contribution in [2.45, 2.75) is 18.9 Å². The number of carbonyl (C=O) groups is 4. The molecule has 0 aromatic heterocycles. The summed E-state index contributed by atoms with van der Waals surface area (Å²) in [6.45, 7) is 0. The van der Waals surface area contributed by atoms with Crippen LogP contribution in [-0.2, 0) is 9.59 Å². The zero-order chi connectivity index (χ0) is 13.6. The van der Waals surface area contributed by atoms with E-state index in [2.05, 4.69) is 5.32 Å². The number of hydrogen-bond acceptors (Lipinski definition) is 4. The largest absolute Gasteiger partial charge is 0.295 e. The second-order valence-electron chi connectivity index (χ2n) is 4.49. The molecular formula is C13H10N2O4. The third-order valence-electron chi connectivity index (χ3n) is 3.35. The molecule has 1 aromatic carbocycles. The molecular weight excluding hydrogens is 251 g/mol. The Morgan fingerprint density at radius 1 is 1.00 bits per heavy atom. The zero-order valence-electron chi connectivity index (χ0n) is 9.88. The quantitative estimate of drug-likeness (QED) is 0.573. The van der Waals surface area contributed by atoms with Crippen molar-refractivity contribution in [2.24, 2.45) is 0 Å². The Morgan fingerprint density at radius 3 is 2.11 bits per heavy atom. The van der Waals surface area contributed by atoms with E-state index in [1.54, 1.807) is 24.3 Å². The highest BCUT2D eigenvalue weighted by molar-refractivity contribution is 6.23. The van der Waals surface area contributed by atoms with Crippen molar-refractivity contribution >= 4 is 23.6 Å². The first-order valence-electron chi connectivity index (χ1n) is 5.90. The Hall–Kier alpha value is -2.50. The second kappa shape index (κ2) is 4.01. The lowest BCUT2D eigenvalue weighted by molar-refractivity contribution is -0.136. The summed E-state index contributed by atoms with van der Waals surface area (Å²) in [4.78, 5) is 48.1. The highest BCUT2D eigenvalue weighted by Crippen LogP contribution is 2.26. The van der Waals surface area contributed by atoms with Crippen molar-refractivity contribution in [3.63, 3.8) is 0 Å². The van der Waals surface area contributed by atoms with Crippen LogP contribution in [0.3, 0.4) is 0 Å². The van der Waals surface area contributed by atoms with Gasteiger partial charge in [-0.15, -0.1) is 0 Å². The first kappa shape index (κ1) is 11.6. The molecule has 1 atom stereocenters. The standard InChI is InChI=1S/C13H10N2O4/c16-10-6-5-9(11(17)14-10)15-12(18)7-3-1-2-4-8(7)13(15)19/h1-4,9H,5-6H2,(H,14,16,17)/i9+1,10+1,11+1. The molecule has 0 spiro atoms. The highest BCUT2D eigenvalue weighted by Gasteiger charge is 2.44. The van der Waals surface area contributed by atoms with E-state index < -0.39 is 23.8 Å². The molecule has 1 unspecified atom stereocenters. The van der Waals surface area contributed by atoms with Crippen LogP contribution in [-0.4, -0.2) is 34.6 Å². The summed E-state index contributed by atoms with van der Waals surface area (Å²) in [5.74, 6) is -1.92. The molecule has 4 amide bonds. The summed E-state index contributed by atoms with van der Waals surface area (Å²) in [6.07, 6.45) is 0.306. The van der Waals surface area contributed by atoms with E-state index in [9.17, 15) is 19.2 Å². The summed E-state index contributed by atoms with van der Waals surface area (Å²) in [7, 11) is 0. The summed E-state index contributed by atoms with van der Waals surface area (Å²) in [6, 6.07) is 5.55. The van der Waals surface area contributed by atoms with Crippen LogP contribution < -0.4 is 5.32 Å². The normalized spacial score (nSPS) is 22.5. The van der Waals surface area contributed by atoms with E-state index in [0.29, 0.717) is 11.1 Å². The predicted octanol–water partition coefficient (Wildman–Crippen LogP) is 0.0878. The molecule has 1 aromatic rings. The molecule has 1 fully saturated rings. The van der Waals surface area contributed by atoms with E-state index in [1.165, 1.54) is 0 Å². The van der Waals surface area contributed by atoms with Crippen LogP contribution in [0.4, 0.5) is 0 Å². The minimum atomic E-state index is -0.898. The van der Waals surface area contributed by atoms with E-state index in [4.69, 9.17) is 0 Å². The van der Waals surface area contributed by atoms with Gasteiger partial charge in [0.25, 0.3) is 11.8 Å². The number of hydrogen-bond donors (Lipinski definition) is 1. The van der Waals surface area contributed by atoms with Gasteiger partial charge in [0.2, 0.25) is 11.8 Å². The number of fused-ring (bicyclic) bond motifs is 1. The van der Waals surface area contributed by atoms with Crippen LogP contribution >= 0.6 is 0 Å². The van der Waals surface area contributed by atoms with Gasteiger partial charge < -0.3 is 0 Å². The fourth-order valence-corrected chi connectivity index (χ4v) is 2.42. The van der Waals surface area contributed by atoms with Gasteiger partial charge in [0.1, 0.15) is 6.04 Å². The van der Waals surface area contributed by atoms with Gasteiger partial charge >= 0.3 is 0 Å². The Balaban J connectivity index is 1.96. The molecule has 1 saturated heterocycles. The number of amides is 4. The van der Waals surface area contributed by atoms with Crippen molar-refractivity contribution in [2.75, 3.05) is 0 Å². The topological polar surface area (TPSA) is 83.6 Å². The van der Waals surface area contributed by atoms with Crippen LogP contribution in [0, 0.1) is 0 Å². The number of piperidine rings is 1. The van der Waals surface area contributed by atoms with Crippen LogP contribution in [0.15, 0.2) is 24.3 Å². The molecule has 2 aliphatic rings. The highest BCUT2D eigenvalue weighted by atomic mass is 16.3. The lowest BCUT2D eigenvalue weighted by Gasteiger charge is -2.27. The number of imide groups is 2. The molecule has 6 nitrogen and oxygen atoms in total. The average molecular weight is 261 g/mol. The Kier molecular flexibility index (Phi) is 2.45. The fourth-order valence-electron chi connectivity index (χ4n) is 2.42. The average Bonchev–Trinajstić information content (AvgIpc) is 2.64. The maximum absolute atomic E-state index is 12.2. The van der Waals surface area contributed by atoms with Crippen molar-refractivity contribution < 1.29 is 19.2 Å². The number of nitrogens with zero attached hydrogens (tertiary/aromatic N) is 1. The fraction of sp³-hybridized carbons (Fsp3) is 0.231. The van der Waals surface area contributed by atoms with Gasteiger partial charge in [-0.2, -0.15) is 0 Å². The van der Waals surface area contributed by atoms with Gasteiger partial charge in [-0.3, -0.25) is 29.4 Å². The van der Waals surface area contributed by atoms with Crippen molar-refractivity contribution in [1.82, 2.24) is 10.2 Å². The molecule has 3 rings (SSSR count). The third-order valence-corrected chi connectivity index (χ3v) is 3.35. The van der Waals surface area contributed by atoms with Crippen LogP contribution in [0.2, 0.25) is 0 Å². The van der Waals surface area contributed by atoms with Gasteiger partial charge in [-0.1, -0.05) is 12.1 Å². The van der Waals surface area contributed by atoms with Gasteiger partial charge in [0.15, 0.2) is 0 Å². The third kappa shape index (κ3) is 1.64. The molecule has 1 N–H and O–H groups in total. The van der Waals surface area contributed by atoms with Crippen molar-refractivity contribution in [1.29, 1.82) is 0 Å². The van der Waals surface area contributed by atoms with Crippen molar-refractivity contribution in [3.05, 3.63) is 35.4 Å². The predicted molar refractivity (Wildman–Crippen MR) is 63.1 cm³/mol. The maximum atomic E-state index is 12.2. The molecule has 0 bridgehead atoms. The molecule has 0 aliphatic carbocycles. The number of benzene rings is 1. The number of nitrogens with one attached hydrogen (secondary N) is 1. The Labute approximate surface area is 108 Å². The minimum absolute atomic E-state index is 0.129. The van der Waals surface area contributed by atoms with E-state index in [1.807, 2.05) is 0 Å². The van der Waals surface area contributed by atoms with Gasteiger partial charge in [0.05, 0.1) is 11.1 Å². The lowest BCUT2D eigenvalue weighted by atomic mass is 10.1. The summed E-state index contributed by atoms with van der Waals surface area (Å²) >= 11 is 0. The molecule has 0 saturated carbocycles. The van der Waals surface area contributed by atoms with E-state index in [0.717, 1.165) is 4.90 Å². The summed E-state index contributed by atoms with van der Waals surface area (Å²) < 4.78 is 0. The molecule has 96 valence electrons. The molecule has 2 heterocycles. The SMILES string of the molecule is O=C1c2ccccc2C(=O)N1[13CH]1CC[13C](=O)N[13C]1=O. The van der Waals surface area contributed by atoms with Gasteiger partial charge in [0, 0.05) is 6.42 Å². The smallest absolute Gasteiger partial charge is 0.262 e. The van der Waals surface area contributed by atoms with Gasteiger partial charge in [-0.05, 0) is 18.6 Å². The Bertz CT molecular complexity index is 588. The van der Waals surface area contributed by atoms with Crippen LogP contribution in [0.1, 0.15) is 33.6 Å². The monoisotopic (exact) mass is 261 g/mol. The second-order valence-corrected chi connectivity index (χ2v) is 4.49. The molecule has 2 aliphatic heterocycles. The van der Waals surface area contributed by atoms with Crippen molar-refractivity contribution in [3.8, 4) is 0 Å².